The van der Waals surface area contributed by atoms with Crippen molar-refractivity contribution in [1.82, 2.24) is 5.32 Å². The molecule has 90 valence electrons. The molecule has 1 aliphatic rings. The Morgan fingerprint density at radius 3 is 2.88 bits per heavy atom. The third-order valence-electron chi connectivity index (χ3n) is 2.64. The van der Waals surface area contributed by atoms with Crippen molar-refractivity contribution in [2.75, 3.05) is 11.9 Å². The summed E-state index contributed by atoms with van der Waals surface area (Å²) in [5.74, 6) is -0.0544. The lowest BCUT2D eigenvalue weighted by molar-refractivity contribution is -0.115. The van der Waals surface area contributed by atoms with Gasteiger partial charge in [-0.25, -0.2) is 0 Å². The lowest BCUT2D eigenvalue weighted by atomic mass is 10.1. The van der Waals surface area contributed by atoms with Gasteiger partial charge >= 0.3 is 0 Å². The van der Waals surface area contributed by atoms with E-state index in [1.165, 1.54) is 0 Å². The molecule has 0 radical (unpaired) electrons. The van der Waals surface area contributed by atoms with Gasteiger partial charge in [-0.3, -0.25) is 4.79 Å². The Morgan fingerprint density at radius 1 is 1.47 bits per heavy atom. The van der Waals surface area contributed by atoms with Gasteiger partial charge in [0.2, 0.25) is 5.91 Å². The summed E-state index contributed by atoms with van der Waals surface area (Å²) in [7, 11) is 0. The van der Waals surface area contributed by atoms with Crippen molar-refractivity contribution >= 4 is 23.2 Å². The zero-order valence-corrected chi connectivity index (χ0v) is 10.5. The maximum absolute atomic E-state index is 11.0. The van der Waals surface area contributed by atoms with Crippen molar-refractivity contribution in [3.05, 3.63) is 40.6 Å². The summed E-state index contributed by atoms with van der Waals surface area (Å²) in [6.45, 7) is 2.68. The van der Waals surface area contributed by atoms with Crippen LogP contribution in [0.2, 0.25) is 5.02 Å². The van der Waals surface area contributed by atoms with Crippen LogP contribution < -0.4 is 10.6 Å². The fourth-order valence-electron chi connectivity index (χ4n) is 1.81. The average Bonchev–Trinajstić information content (AvgIpc) is 2.68. The van der Waals surface area contributed by atoms with Crippen LogP contribution in [0, 0.1) is 0 Å². The van der Waals surface area contributed by atoms with Gasteiger partial charge in [-0.15, -0.1) is 0 Å². The SMILES string of the molecule is CCCc1ccc(NC2=CC(=O)NC2)cc1Cl. The monoisotopic (exact) mass is 250 g/mol. The molecule has 0 aromatic heterocycles. The molecule has 0 fully saturated rings. The van der Waals surface area contributed by atoms with E-state index in [1.54, 1.807) is 6.08 Å². The second kappa shape index (κ2) is 5.23. The molecule has 4 heteroatoms. The number of hydrogen-bond donors (Lipinski definition) is 2. The van der Waals surface area contributed by atoms with Crippen LogP contribution in [0.3, 0.4) is 0 Å². The molecule has 2 rings (SSSR count). The van der Waals surface area contributed by atoms with Crippen LogP contribution >= 0.6 is 11.6 Å². The molecule has 1 aromatic carbocycles. The van der Waals surface area contributed by atoms with E-state index < -0.39 is 0 Å². The number of aryl methyl sites for hydroxylation is 1. The van der Waals surface area contributed by atoms with Crippen molar-refractivity contribution in [3.63, 3.8) is 0 Å². The molecule has 1 amide bonds. The maximum atomic E-state index is 11.0. The number of benzene rings is 1. The minimum Gasteiger partial charge on any atom is -0.357 e. The summed E-state index contributed by atoms with van der Waals surface area (Å²) in [5, 5.41) is 6.66. The Kier molecular flexibility index (Phi) is 3.69. The fourth-order valence-corrected chi connectivity index (χ4v) is 2.08. The first-order valence-corrected chi connectivity index (χ1v) is 6.10. The van der Waals surface area contributed by atoms with E-state index in [0.717, 1.165) is 34.8 Å². The first-order valence-electron chi connectivity index (χ1n) is 5.73. The van der Waals surface area contributed by atoms with Crippen molar-refractivity contribution < 1.29 is 4.79 Å². The van der Waals surface area contributed by atoms with Crippen LogP contribution in [0.15, 0.2) is 30.0 Å². The van der Waals surface area contributed by atoms with E-state index in [9.17, 15) is 4.79 Å². The zero-order chi connectivity index (χ0) is 12.3. The van der Waals surface area contributed by atoms with Crippen LogP contribution in [0.5, 0.6) is 0 Å². The highest BCUT2D eigenvalue weighted by Crippen LogP contribution is 2.23. The highest BCUT2D eigenvalue weighted by Gasteiger charge is 2.10. The average molecular weight is 251 g/mol. The van der Waals surface area contributed by atoms with E-state index in [1.807, 2.05) is 18.2 Å². The number of carbonyl (C=O) groups excluding carboxylic acids is 1. The molecule has 1 heterocycles. The molecule has 0 atom stereocenters. The highest BCUT2D eigenvalue weighted by molar-refractivity contribution is 6.31. The molecule has 0 spiro atoms. The van der Waals surface area contributed by atoms with Crippen LogP contribution in [0.1, 0.15) is 18.9 Å². The number of anilines is 1. The van der Waals surface area contributed by atoms with Gasteiger partial charge in [0, 0.05) is 22.5 Å². The predicted octanol–water partition coefficient (Wildman–Crippen LogP) is 2.72. The Labute approximate surface area is 106 Å². The van der Waals surface area contributed by atoms with Gasteiger partial charge < -0.3 is 10.6 Å². The smallest absolute Gasteiger partial charge is 0.246 e. The number of amides is 1. The normalized spacial score (nSPS) is 14.5. The summed E-state index contributed by atoms with van der Waals surface area (Å²) in [6.07, 6.45) is 3.63. The predicted molar refractivity (Wildman–Crippen MR) is 70.2 cm³/mol. The molecule has 17 heavy (non-hydrogen) atoms. The van der Waals surface area contributed by atoms with Crippen molar-refractivity contribution in [2.24, 2.45) is 0 Å². The number of halogens is 1. The molecule has 0 saturated carbocycles. The van der Waals surface area contributed by atoms with Gasteiger partial charge in [0.15, 0.2) is 0 Å². The standard InChI is InChI=1S/C13H15ClN2O/c1-2-3-9-4-5-10(6-12(9)14)16-11-7-13(17)15-8-11/h4-7,16H,2-3,8H2,1H3,(H,15,17). The number of carbonyl (C=O) groups is 1. The second-order valence-electron chi connectivity index (χ2n) is 4.07. The van der Waals surface area contributed by atoms with Gasteiger partial charge in [0.25, 0.3) is 0 Å². The molecule has 0 bridgehead atoms. The minimum absolute atomic E-state index is 0.0544. The summed E-state index contributed by atoms with van der Waals surface area (Å²) >= 11 is 6.18. The fraction of sp³-hybridized carbons (Fsp3) is 0.308. The first kappa shape index (κ1) is 12.0. The van der Waals surface area contributed by atoms with Gasteiger partial charge in [-0.1, -0.05) is 31.0 Å². The topological polar surface area (TPSA) is 41.1 Å². The molecule has 3 nitrogen and oxygen atoms in total. The lowest BCUT2D eigenvalue weighted by Crippen LogP contribution is -2.16. The summed E-state index contributed by atoms with van der Waals surface area (Å²) in [6, 6.07) is 5.91. The van der Waals surface area contributed by atoms with Gasteiger partial charge in [0.05, 0.1) is 6.54 Å². The Bertz CT molecular complexity index is 468. The second-order valence-corrected chi connectivity index (χ2v) is 4.48. The van der Waals surface area contributed by atoms with E-state index in [2.05, 4.69) is 17.6 Å². The third kappa shape index (κ3) is 3.01. The minimum atomic E-state index is -0.0544. The van der Waals surface area contributed by atoms with Crippen LogP contribution in [0.4, 0.5) is 5.69 Å². The Morgan fingerprint density at radius 2 is 2.29 bits per heavy atom. The number of nitrogens with one attached hydrogen (secondary N) is 2. The van der Waals surface area contributed by atoms with Crippen molar-refractivity contribution in [1.29, 1.82) is 0 Å². The summed E-state index contributed by atoms with van der Waals surface area (Å²) in [5.41, 5.74) is 2.95. The quantitative estimate of drug-likeness (QED) is 0.863. The molecule has 0 unspecified atom stereocenters. The van der Waals surface area contributed by atoms with E-state index in [0.29, 0.717) is 6.54 Å². The van der Waals surface area contributed by atoms with Crippen LogP contribution in [-0.2, 0) is 11.2 Å². The highest BCUT2D eigenvalue weighted by atomic mass is 35.5. The largest absolute Gasteiger partial charge is 0.357 e. The Balaban J connectivity index is 2.10. The van der Waals surface area contributed by atoms with Crippen LogP contribution in [0.25, 0.3) is 0 Å². The molecular weight excluding hydrogens is 236 g/mol. The Hall–Kier alpha value is -1.48. The summed E-state index contributed by atoms with van der Waals surface area (Å²) < 4.78 is 0. The van der Waals surface area contributed by atoms with Gasteiger partial charge in [-0.05, 0) is 24.1 Å². The van der Waals surface area contributed by atoms with Crippen molar-refractivity contribution in [2.45, 2.75) is 19.8 Å². The summed E-state index contributed by atoms with van der Waals surface area (Å²) in [4.78, 5) is 11.0. The molecule has 2 N–H and O–H groups in total. The first-order chi connectivity index (χ1) is 8.19. The molecule has 0 saturated heterocycles. The molecular formula is C13H15ClN2O. The lowest BCUT2D eigenvalue weighted by Gasteiger charge is -2.09. The third-order valence-corrected chi connectivity index (χ3v) is 2.99. The number of rotatable bonds is 4. The van der Waals surface area contributed by atoms with Gasteiger partial charge in [-0.2, -0.15) is 0 Å². The molecule has 1 aromatic rings. The number of hydrogen-bond acceptors (Lipinski definition) is 2. The zero-order valence-electron chi connectivity index (χ0n) is 9.72. The molecule has 1 aliphatic heterocycles. The van der Waals surface area contributed by atoms with E-state index >= 15 is 0 Å². The molecule has 0 aliphatic carbocycles. The van der Waals surface area contributed by atoms with Crippen molar-refractivity contribution in [3.8, 4) is 0 Å². The van der Waals surface area contributed by atoms with Gasteiger partial charge in [0.1, 0.15) is 0 Å². The maximum Gasteiger partial charge on any atom is 0.246 e. The van der Waals surface area contributed by atoms with E-state index in [4.69, 9.17) is 11.6 Å². The van der Waals surface area contributed by atoms with E-state index in [-0.39, 0.29) is 5.91 Å². The van der Waals surface area contributed by atoms with Crippen LogP contribution in [-0.4, -0.2) is 12.5 Å².